The molecule has 0 atom stereocenters. The molecule has 3 N–H and O–H groups in total. The van der Waals surface area contributed by atoms with Gasteiger partial charge in [-0.1, -0.05) is 12.1 Å². The fourth-order valence-electron chi connectivity index (χ4n) is 2.30. The van der Waals surface area contributed by atoms with Crippen molar-refractivity contribution in [2.24, 2.45) is 0 Å². The first kappa shape index (κ1) is 24.3. The monoisotopic (exact) mass is 418 g/mol. The Morgan fingerprint density at radius 2 is 1.50 bits per heavy atom. The molecule has 10 heteroatoms. The van der Waals surface area contributed by atoms with E-state index in [1.807, 2.05) is 0 Å². The third-order valence-electron chi connectivity index (χ3n) is 3.58. The highest BCUT2D eigenvalue weighted by molar-refractivity contribution is 5.77. The fraction of sp³-hybridized carbons (Fsp3) is 0.350. The summed E-state index contributed by atoms with van der Waals surface area (Å²) in [6, 6.07) is 9.50. The van der Waals surface area contributed by atoms with Crippen LogP contribution >= 0.6 is 0 Å². The number of hydrogen-bond acceptors (Lipinski definition) is 8. The quantitative estimate of drug-likeness (QED) is 0.318. The first-order valence-electron chi connectivity index (χ1n) is 9.01. The lowest BCUT2D eigenvalue weighted by atomic mass is 10.2. The van der Waals surface area contributed by atoms with E-state index in [0.717, 1.165) is 11.1 Å². The largest absolute Gasteiger partial charge is 0.459 e. The highest BCUT2D eigenvalue weighted by Gasteiger charge is 2.18. The van der Waals surface area contributed by atoms with E-state index in [1.165, 1.54) is 18.2 Å². The topological polar surface area (TPSA) is 151 Å². The Bertz CT molecular complexity index is 937. The van der Waals surface area contributed by atoms with Crippen molar-refractivity contribution in [1.82, 2.24) is 0 Å². The number of carbonyl (C=O) groups is 1. The summed E-state index contributed by atoms with van der Waals surface area (Å²) in [6.45, 7) is 8.73. The predicted molar refractivity (Wildman–Crippen MR) is 114 cm³/mol. The van der Waals surface area contributed by atoms with Crippen molar-refractivity contribution >= 4 is 28.7 Å². The van der Waals surface area contributed by atoms with Gasteiger partial charge in [0.15, 0.2) is 0 Å². The van der Waals surface area contributed by atoms with Crippen LogP contribution < -0.4 is 11.1 Å². The number of rotatable bonds is 5. The molecule has 0 radical (unpaired) electrons. The second-order valence-electron chi connectivity index (χ2n) is 7.54. The van der Waals surface area contributed by atoms with Gasteiger partial charge in [0, 0.05) is 12.1 Å². The van der Waals surface area contributed by atoms with Gasteiger partial charge in [0.25, 0.3) is 11.4 Å². The van der Waals surface area contributed by atoms with Crippen LogP contribution in [0.3, 0.4) is 0 Å². The molecule has 2 aromatic rings. The number of ether oxygens (including phenoxy) is 1. The van der Waals surface area contributed by atoms with Crippen LogP contribution in [0.4, 0.5) is 22.7 Å². The Morgan fingerprint density at radius 3 is 1.97 bits per heavy atom. The standard InChI is InChI=1S/C13H18N2O4.C7H8N2O2/c1-9-5-6-10(11(7-9)15(17)18)14-8-12(16)19-13(2,3)4;1-5-2-3-6(8)7(4-5)9(10)11/h5-7,14H,8H2,1-4H3;2-4H,8H2,1H3. The Morgan fingerprint density at radius 1 is 1.00 bits per heavy atom. The van der Waals surface area contributed by atoms with Gasteiger partial charge in [-0.05, 0) is 57.9 Å². The first-order valence-corrected chi connectivity index (χ1v) is 9.01. The average Bonchev–Trinajstić information content (AvgIpc) is 2.61. The third kappa shape index (κ3) is 8.13. The zero-order valence-electron chi connectivity index (χ0n) is 17.6. The molecule has 2 aromatic carbocycles. The van der Waals surface area contributed by atoms with E-state index in [2.05, 4.69) is 5.32 Å². The molecule has 0 aromatic heterocycles. The van der Waals surface area contributed by atoms with Crippen LogP contribution in [0, 0.1) is 34.1 Å². The molecular weight excluding hydrogens is 392 g/mol. The molecule has 2 rings (SSSR count). The van der Waals surface area contributed by atoms with E-state index in [0.29, 0.717) is 5.69 Å². The van der Waals surface area contributed by atoms with Crippen LogP contribution in [0.5, 0.6) is 0 Å². The van der Waals surface area contributed by atoms with Gasteiger partial charge in [0.05, 0.1) is 9.85 Å². The normalized spacial score (nSPS) is 10.4. The summed E-state index contributed by atoms with van der Waals surface area (Å²) in [5.74, 6) is -0.456. The highest BCUT2D eigenvalue weighted by atomic mass is 16.6. The summed E-state index contributed by atoms with van der Waals surface area (Å²) in [5.41, 5.74) is 6.84. The van der Waals surface area contributed by atoms with Gasteiger partial charge >= 0.3 is 5.97 Å². The van der Waals surface area contributed by atoms with Gasteiger partial charge in [-0.3, -0.25) is 25.0 Å². The minimum absolute atomic E-state index is 0.0231. The van der Waals surface area contributed by atoms with Gasteiger partial charge in [0.2, 0.25) is 0 Å². The number of anilines is 2. The van der Waals surface area contributed by atoms with Crippen LogP contribution in [0.15, 0.2) is 36.4 Å². The van der Waals surface area contributed by atoms with E-state index >= 15 is 0 Å². The van der Waals surface area contributed by atoms with Crippen LogP contribution in [-0.2, 0) is 9.53 Å². The molecule has 0 saturated heterocycles. The molecule has 0 amide bonds. The second kappa shape index (κ2) is 10.2. The van der Waals surface area contributed by atoms with Crippen molar-refractivity contribution in [2.45, 2.75) is 40.2 Å². The maximum atomic E-state index is 11.5. The minimum atomic E-state index is -0.571. The number of aryl methyl sites for hydroxylation is 2. The van der Waals surface area contributed by atoms with Crippen molar-refractivity contribution < 1.29 is 19.4 Å². The molecule has 0 bridgehead atoms. The molecule has 0 spiro atoms. The predicted octanol–water partition coefficient (Wildman–Crippen LogP) is 4.14. The fourth-order valence-corrected chi connectivity index (χ4v) is 2.30. The number of benzene rings is 2. The number of carbonyl (C=O) groups excluding carboxylic acids is 1. The zero-order chi connectivity index (χ0) is 23.1. The van der Waals surface area contributed by atoms with Crippen molar-refractivity contribution in [3.63, 3.8) is 0 Å². The first-order chi connectivity index (χ1) is 13.8. The lowest BCUT2D eigenvalue weighted by Gasteiger charge is -2.19. The SMILES string of the molecule is Cc1ccc(N)c([N+](=O)[O-])c1.Cc1ccc(NCC(=O)OC(C)(C)C)c([N+](=O)[O-])c1. The number of nitrogen functional groups attached to an aromatic ring is 1. The summed E-state index contributed by atoms with van der Waals surface area (Å²) in [5, 5.41) is 23.9. The molecule has 0 unspecified atom stereocenters. The molecule has 0 saturated carbocycles. The molecular formula is C20H26N4O6. The van der Waals surface area contributed by atoms with Crippen LogP contribution in [0.25, 0.3) is 0 Å². The Labute approximate surface area is 174 Å². The number of nitro groups is 2. The summed E-state index contributed by atoms with van der Waals surface area (Å²) in [6.07, 6.45) is 0. The van der Waals surface area contributed by atoms with Gasteiger partial charge < -0.3 is 15.8 Å². The summed E-state index contributed by atoms with van der Waals surface area (Å²) < 4.78 is 5.11. The van der Waals surface area contributed by atoms with Gasteiger partial charge in [-0.25, -0.2) is 0 Å². The maximum Gasteiger partial charge on any atom is 0.325 e. The smallest absolute Gasteiger partial charge is 0.325 e. The zero-order valence-corrected chi connectivity index (χ0v) is 17.6. The Kier molecular flexibility index (Phi) is 8.27. The van der Waals surface area contributed by atoms with E-state index in [9.17, 15) is 25.0 Å². The summed E-state index contributed by atoms with van der Waals surface area (Å²) >= 11 is 0. The molecule has 162 valence electrons. The third-order valence-corrected chi connectivity index (χ3v) is 3.58. The lowest BCUT2D eigenvalue weighted by molar-refractivity contribution is -0.384. The van der Waals surface area contributed by atoms with E-state index in [-0.39, 0.29) is 23.6 Å². The summed E-state index contributed by atoms with van der Waals surface area (Å²) in [7, 11) is 0. The lowest BCUT2D eigenvalue weighted by Crippen LogP contribution is -2.28. The molecule has 10 nitrogen and oxygen atoms in total. The van der Waals surface area contributed by atoms with Gasteiger partial charge in [0.1, 0.15) is 23.5 Å². The van der Waals surface area contributed by atoms with Crippen LogP contribution in [0.1, 0.15) is 31.9 Å². The maximum absolute atomic E-state index is 11.5. The van der Waals surface area contributed by atoms with E-state index in [1.54, 1.807) is 52.8 Å². The van der Waals surface area contributed by atoms with Crippen molar-refractivity contribution in [3.05, 3.63) is 67.8 Å². The van der Waals surface area contributed by atoms with Crippen molar-refractivity contribution in [1.29, 1.82) is 0 Å². The summed E-state index contributed by atoms with van der Waals surface area (Å²) in [4.78, 5) is 31.8. The Balaban J connectivity index is 0.000000346. The van der Waals surface area contributed by atoms with Gasteiger partial charge in [-0.2, -0.15) is 0 Å². The van der Waals surface area contributed by atoms with Crippen LogP contribution in [-0.4, -0.2) is 28.0 Å². The van der Waals surface area contributed by atoms with Crippen LogP contribution in [0.2, 0.25) is 0 Å². The molecule has 30 heavy (non-hydrogen) atoms. The molecule has 0 heterocycles. The molecule has 0 aliphatic rings. The Hall–Kier alpha value is -3.69. The van der Waals surface area contributed by atoms with Crippen molar-refractivity contribution in [2.75, 3.05) is 17.6 Å². The second-order valence-corrected chi connectivity index (χ2v) is 7.54. The molecule has 0 aliphatic heterocycles. The number of nitrogens with two attached hydrogens (primary N) is 1. The van der Waals surface area contributed by atoms with Gasteiger partial charge in [-0.15, -0.1) is 0 Å². The number of nitro benzene ring substituents is 2. The van der Waals surface area contributed by atoms with Crippen molar-refractivity contribution in [3.8, 4) is 0 Å². The highest BCUT2D eigenvalue weighted by Crippen LogP contribution is 2.25. The van der Waals surface area contributed by atoms with E-state index < -0.39 is 21.4 Å². The number of esters is 1. The number of hydrogen-bond donors (Lipinski definition) is 2. The number of nitrogens with one attached hydrogen (secondary N) is 1. The molecule has 0 aliphatic carbocycles. The number of nitrogens with zero attached hydrogens (tertiary/aromatic N) is 2. The average molecular weight is 418 g/mol. The minimum Gasteiger partial charge on any atom is -0.459 e. The molecule has 0 fully saturated rings. The van der Waals surface area contributed by atoms with E-state index in [4.69, 9.17) is 10.5 Å².